The molecule has 0 radical (unpaired) electrons. The Morgan fingerprint density at radius 3 is 1.33 bits per heavy atom. The molecule has 4 N–H and O–H groups in total. The van der Waals surface area contributed by atoms with Gasteiger partial charge in [0, 0.05) is 28.6 Å². The third-order valence-corrected chi connectivity index (χ3v) is 13.2. The van der Waals surface area contributed by atoms with Gasteiger partial charge >= 0.3 is 11.9 Å². The topological polar surface area (TPSA) is 140 Å². The number of hydrogen-bond acceptors (Lipinski definition) is 8. The van der Waals surface area contributed by atoms with Gasteiger partial charge in [-0.1, -0.05) is 76.0 Å². The maximum Gasteiger partial charge on any atom is 0.310 e. The van der Waals surface area contributed by atoms with Crippen molar-refractivity contribution in [2.45, 2.75) is 198 Å². The fourth-order valence-corrected chi connectivity index (χ4v) is 10.8. The van der Waals surface area contributed by atoms with E-state index in [-0.39, 0.29) is 18.3 Å². The van der Waals surface area contributed by atoms with Crippen LogP contribution < -0.4 is 0 Å². The third kappa shape index (κ3) is 8.94. The molecule has 0 bridgehead atoms. The molecule has 54 heavy (non-hydrogen) atoms. The van der Waals surface area contributed by atoms with Crippen LogP contribution in [-0.4, -0.2) is 88.1 Å². The van der Waals surface area contributed by atoms with Crippen LogP contribution in [0.5, 0.6) is 0 Å². The van der Waals surface area contributed by atoms with Crippen molar-refractivity contribution in [1.82, 2.24) is 10.1 Å². The average molecular weight is 757 g/mol. The van der Waals surface area contributed by atoms with Gasteiger partial charge in [0.2, 0.25) is 0 Å². The molecule has 0 aromatic carbocycles. The second-order valence-corrected chi connectivity index (χ2v) is 19.2. The molecular formula is C44H72N2O8. The number of carboxylic acid groups (broad SMARTS) is 2. The molecule has 0 spiro atoms. The fraction of sp³-hybridized carbons (Fsp3) is 0.773. The third-order valence-electron chi connectivity index (χ3n) is 13.2. The number of aliphatic hydroxyl groups excluding tert-OH is 2. The lowest BCUT2D eigenvalue weighted by molar-refractivity contribution is -0.353. The minimum atomic E-state index is -1.06. The lowest BCUT2D eigenvalue weighted by Gasteiger charge is -2.63. The fourth-order valence-electron chi connectivity index (χ4n) is 10.8. The van der Waals surface area contributed by atoms with Gasteiger partial charge in [-0.2, -0.15) is 10.1 Å². The summed E-state index contributed by atoms with van der Waals surface area (Å²) in [7, 11) is 0. The van der Waals surface area contributed by atoms with E-state index < -0.39 is 62.9 Å². The van der Waals surface area contributed by atoms with Gasteiger partial charge in [0.1, 0.15) is 23.4 Å². The van der Waals surface area contributed by atoms with E-state index in [0.717, 1.165) is 25.7 Å². The number of piperidine rings is 2. The Morgan fingerprint density at radius 2 is 1.00 bits per heavy atom. The number of rotatable bonds is 17. The van der Waals surface area contributed by atoms with Gasteiger partial charge in [-0.25, -0.2) is 0 Å². The summed E-state index contributed by atoms with van der Waals surface area (Å²) in [6.07, 6.45) is 21.4. The monoisotopic (exact) mass is 757 g/mol. The molecule has 10 heteroatoms. The summed E-state index contributed by atoms with van der Waals surface area (Å²) < 4.78 is 0. The number of hydroxylamine groups is 4. The van der Waals surface area contributed by atoms with Crippen molar-refractivity contribution >= 4 is 11.9 Å². The number of nitrogens with zero attached hydrogens (tertiary/aromatic N) is 2. The van der Waals surface area contributed by atoms with Crippen molar-refractivity contribution < 1.29 is 39.7 Å². The highest BCUT2D eigenvalue weighted by molar-refractivity contribution is 5.76. The van der Waals surface area contributed by atoms with Crippen LogP contribution in [0.1, 0.15) is 153 Å². The van der Waals surface area contributed by atoms with Crippen LogP contribution in [0.25, 0.3) is 0 Å². The molecule has 306 valence electrons. The van der Waals surface area contributed by atoms with Gasteiger partial charge < -0.3 is 20.4 Å². The molecule has 2 heterocycles. The number of aliphatic carboxylic acids is 2. The summed E-state index contributed by atoms with van der Waals surface area (Å²) >= 11 is 0. The molecule has 0 aromatic rings. The van der Waals surface area contributed by atoms with Crippen molar-refractivity contribution in [2.75, 3.05) is 0 Å². The van der Waals surface area contributed by atoms with Crippen LogP contribution in [0.15, 0.2) is 48.6 Å². The van der Waals surface area contributed by atoms with Crippen molar-refractivity contribution in [3.63, 3.8) is 0 Å². The van der Waals surface area contributed by atoms with Gasteiger partial charge in [-0.3, -0.25) is 19.3 Å². The van der Waals surface area contributed by atoms with Gasteiger partial charge in [-0.05, 0) is 131 Å². The quantitative estimate of drug-likeness (QED) is 0.107. The Morgan fingerprint density at radius 1 is 0.630 bits per heavy atom. The Bertz CT molecular complexity index is 1330. The van der Waals surface area contributed by atoms with E-state index in [4.69, 9.17) is 14.8 Å². The zero-order valence-corrected chi connectivity index (χ0v) is 34.9. The smallest absolute Gasteiger partial charge is 0.310 e. The molecule has 4 rings (SSSR count). The van der Waals surface area contributed by atoms with Crippen LogP contribution in [0, 0.1) is 17.3 Å². The van der Waals surface area contributed by atoms with E-state index in [9.17, 15) is 24.9 Å². The molecule has 4 atom stereocenters. The SMILES string of the molecule is CCC1(ON2C(C)(C)CC(C(CCCCCCCC(=O)O)(C(=O)O)C3CC(C)(C)N(OC4(CC)C=CC=CC4O)C(C)(C)C3)CC2(C)C)C=CC=CC1O. The van der Waals surface area contributed by atoms with Crippen LogP contribution in [0.2, 0.25) is 0 Å². The molecule has 2 fully saturated rings. The van der Waals surface area contributed by atoms with Gasteiger partial charge in [0.05, 0.1) is 5.41 Å². The van der Waals surface area contributed by atoms with E-state index >= 15 is 0 Å². The average Bonchev–Trinajstić information content (AvgIpc) is 3.06. The van der Waals surface area contributed by atoms with Crippen LogP contribution >= 0.6 is 0 Å². The maximum atomic E-state index is 14.3. The Kier molecular flexibility index (Phi) is 13.7. The minimum absolute atomic E-state index is 0.152. The highest BCUT2D eigenvalue weighted by Crippen LogP contribution is 2.59. The second kappa shape index (κ2) is 16.6. The number of aliphatic hydroxyl groups is 2. The number of carbonyl (C=O) groups is 2. The first-order valence-electron chi connectivity index (χ1n) is 20.6. The molecule has 0 saturated carbocycles. The number of allylic oxidation sites excluding steroid dienone is 4. The Balaban J connectivity index is 1.72. The van der Waals surface area contributed by atoms with Gasteiger partial charge in [0.25, 0.3) is 0 Å². The largest absolute Gasteiger partial charge is 0.481 e. The molecule has 2 saturated heterocycles. The maximum absolute atomic E-state index is 14.3. The van der Waals surface area contributed by atoms with Crippen molar-refractivity contribution in [3.8, 4) is 0 Å². The molecule has 10 nitrogen and oxygen atoms in total. The van der Waals surface area contributed by atoms with Crippen LogP contribution in [-0.2, 0) is 19.3 Å². The zero-order chi connectivity index (χ0) is 40.4. The van der Waals surface area contributed by atoms with Crippen LogP contribution in [0.3, 0.4) is 0 Å². The Hall–Kier alpha value is -2.34. The van der Waals surface area contributed by atoms with Gasteiger partial charge in [0.15, 0.2) is 0 Å². The van der Waals surface area contributed by atoms with Crippen molar-refractivity contribution in [1.29, 1.82) is 0 Å². The lowest BCUT2D eigenvalue weighted by Crippen LogP contribution is -2.69. The summed E-state index contributed by atoms with van der Waals surface area (Å²) in [4.78, 5) is 39.3. The summed E-state index contributed by atoms with van der Waals surface area (Å²) in [5.41, 5.74) is -5.18. The van der Waals surface area contributed by atoms with Gasteiger partial charge in [-0.15, -0.1) is 0 Å². The normalized spacial score (nSPS) is 32.1. The standard InChI is InChI=1S/C44H72N2O8/c1-11-42(25-20-17-22-34(42)47)53-45-38(3,4)28-32(29-39(45,5)6)44(37(51)52,27-19-15-13-14-16-24-36(49)50)33-30-40(7,8)46(41(9,10)31-33)54-43(12-2)26-21-18-23-35(43)48/h17-18,20-23,25-26,32-35,47-48H,11-16,19,24,27-31H2,1-10H3,(H,49,50)(H,51,52). The summed E-state index contributed by atoms with van der Waals surface area (Å²) in [6.45, 7) is 21.1. The highest BCUT2D eigenvalue weighted by Gasteiger charge is 2.63. The molecular weight excluding hydrogens is 684 g/mol. The van der Waals surface area contributed by atoms with Crippen molar-refractivity contribution in [3.05, 3.63) is 48.6 Å². The summed E-state index contributed by atoms with van der Waals surface area (Å²) in [6, 6.07) is 0. The number of carboxylic acids is 2. The molecule has 2 aliphatic heterocycles. The second-order valence-electron chi connectivity index (χ2n) is 19.2. The minimum Gasteiger partial charge on any atom is -0.481 e. The van der Waals surface area contributed by atoms with Crippen LogP contribution in [0.4, 0.5) is 0 Å². The highest BCUT2D eigenvalue weighted by atomic mass is 16.7. The van der Waals surface area contributed by atoms with E-state index in [1.165, 1.54) is 0 Å². The number of hydrogen-bond donors (Lipinski definition) is 4. The lowest BCUT2D eigenvalue weighted by atomic mass is 9.52. The molecule has 4 aliphatic rings. The molecule has 2 aliphatic carbocycles. The summed E-state index contributed by atoms with van der Waals surface area (Å²) in [5, 5.41) is 47.3. The molecule has 4 unspecified atom stereocenters. The Labute approximate surface area is 325 Å². The van der Waals surface area contributed by atoms with E-state index in [2.05, 4.69) is 55.4 Å². The van der Waals surface area contributed by atoms with E-state index in [1.807, 2.05) is 60.4 Å². The predicted molar refractivity (Wildman–Crippen MR) is 212 cm³/mol. The first kappa shape index (κ1) is 44.4. The first-order valence-corrected chi connectivity index (χ1v) is 20.6. The number of unbranched alkanes of at least 4 members (excludes halogenated alkanes) is 4. The van der Waals surface area contributed by atoms with E-state index in [0.29, 0.717) is 51.4 Å². The first-order chi connectivity index (χ1) is 25.0. The predicted octanol–water partition coefficient (Wildman–Crippen LogP) is 8.55. The van der Waals surface area contributed by atoms with Crippen molar-refractivity contribution in [2.24, 2.45) is 17.3 Å². The summed E-state index contributed by atoms with van der Waals surface area (Å²) in [5.74, 6) is -1.91. The zero-order valence-electron chi connectivity index (χ0n) is 34.9. The molecule has 0 aromatic heterocycles. The molecule has 0 amide bonds. The van der Waals surface area contributed by atoms with E-state index in [1.54, 1.807) is 12.2 Å².